The number of aryl methyl sites for hydroxylation is 1. The molecule has 0 unspecified atom stereocenters. The summed E-state index contributed by atoms with van der Waals surface area (Å²) in [5.74, 6) is -0.401. The maximum Gasteiger partial charge on any atom is 0.279 e. The lowest BCUT2D eigenvalue weighted by molar-refractivity contribution is 0.0720. The fraction of sp³-hybridized carbons (Fsp3) is 0.160. The molecular weight excluding hydrogens is 410 g/mol. The van der Waals surface area contributed by atoms with Crippen LogP contribution >= 0.6 is 11.6 Å². The van der Waals surface area contributed by atoms with Crippen molar-refractivity contribution in [3.8, 4) is 0 Å². The molecular formula is C25H22ClN3O2. The Labute approximate surface area is 185 Å². The number of amides is 1. The Morgan fingerprint density at radius 1 is 0.935 bits per heavy atom. The topological polar surface area (TPSA) is 55.2 Å². The van der Waals surface area contributed by atoms with E-state index in [0.717, 1.165) is 11.1 Å². The summed E-state index contributed by atoms with van der Waals surface area (Å²) >= 11 is 6.13. The van der Waals surface area contributed by atoms with Gasteiger partial charge in [-0.2, -0.15) is 5.10 Å². The van der Waals surface area contributed by atoms with Crippen LogP contribution in [0.2, 0.25) is 5.02 Å². The average molecular weight is 432 g/mol. The first kappa shape index (κ1) is 20.8. The first-order valence-corrected chi connectivity index (χ1v) is 10.5. The van der Waals surface area contributed by atoms with Gasteiger partial charge in [0, 0.05) is 24.7 Å². The summed E-state index contributed by atoms with van der Waals surface area (Å²) in [5, 5.41) is 5.26. The number of halogens is 1. The SMILES string of the molecule is CCn1nc(C(=O)N(Cc2ccccc2)Cc2ccccc2)c(=O)c2cc(Cl)ccc21. The minimum absolute atomic E-state index is 0.0940. The van der Waals surface area contributed by atoms with Gasteiger partial charge in [-0.15, -0.1) is 0 Å². The zero-order chi connectivity index (χ0) is 21.8. The predicted octanol–water partition coefficient (Wildman–Crippen LogP) is 4.91. The number of aromatic nitrogens is 2. The quantitative estimate of drug-likeness (QED) is 0.435. The molecule has 0 atom stereocenters. The molecule has 156 valence electrons. The smallest absolute Gasteiger partial charge is 0.279 e. The first-order valence-electron chi connectivity index (χ1n) is 10.1. The summed E-state index contributed by atoms with van der Waals surface area (Å²) in [6.07, 6.45) is 0. The summed E-state index contributed by atoms with van der Waals surface area (Å²) in [5.41, 5.74) is 2.12. The van der Waals surface area contributed by atoms with Crippen molar-refractivity contribution in [1.82, 2.24) is 14.7 Å². The predicted molar refractivity (Wildman–Crippen MR) is 123 cm³/mol. The highest BCUT2D eigenvalue weighted by Gasteiger charge is 2.23. The summed E-state index contributed by atoms with van der Waals surface area (Å²) in [6, 6.07) is 24.5. The fourth-order valence-electron chi connectivity index (χ4n) is 3.60. The lowest BCUT2D eigenvalue weighted by atomic mass is 10.1. The number of nitrogens with zero attached hydrogens (tertiary/aromatic N) is 3. The number of hydrogen-bond donors (Lipinski definition) is 0. The van der Waals surface area contributed by atoms with Gasteiger partial charge >= 0.3 is 0 Å². The van der Waals surface area contributed by atoms with Crippen molar-refractivity contribution in [1.29, 1.82) is 0 Å². The Morgan fingerprint density at radius 2 is 1.52 bits per heavy atom. The second-order valence-electron chi connectivity index (χ2n) is 7.29. The van der Waals surface area contributed by atoms with E-state index >= 15 is 0 Å². The highest BCUT2D eigenvalue weighted by molar-refractivity contribution is 6.31. The summed E-state index contributed by atoms with van der Waals surface area (Å²) in [7, 11) is 0. The number of rotatable bonds is 6. The van der Waals surface area contributed by atoms with E-state index in [1.54, 1.807) is 27.8 Å². The fourth-order valence-corrected chi connectivity index (χ4v) is 3.77. The van der Waals surface area contributed by atoms with E-state index < -0.39 is 11.3 Å². The second-order valence-corrected chi connectivity index (χ2v) is 7.72. The normalized spacial score (nSPS) is 10.9. The molecule has 0 aliphatic rings. The van der Waals surface area contributed by atoms with E-state index in [1.807, 2.05) is 67.6 Å². The number of hydrogen-bond acceptors (Lipinski definition) is 3. The summed E-state index contributed by atoms with van der Waals surface area (Å²) in [6.45, 7) is 3.19. The molecule has 1 heterocycles. The lowest BCUT2D eigenvalue weighted by Crippen LogP contribution is -2.35. The van der Waals surface area contributed by atoms with Crippen molar-refractivity contribution in [2.45, 2.75) is 26.6 Å². The van der Waals surface area contributed by atoms with Gasteiger partial charge in [-0.05, 0) is 36.2 Å². The van der Waals surface area contributed by atoms with Crippen molar-refractivity contribution < 1.29 is 4.79 Å². The van der Waals surface area contributed by atoms with E-state index in [-0.39, 0.29) is 5.69 Å². The summed E-state index contributed by atoms with van der Waals surface area (Å²) < 4.78 is 1.67. The second kappa shape index (κ2) is 9.14. The molecule has 1 amide bonds. The van der Waals surface area contributed by atoms with Crippen LogP contribution in [0.1, 0.15) is 28.5 Å². The van der Waals surface area contributed by atoms with Gasteiger partial charge in [0.1, 0.15) is 0 Å². The van der Waals surface area contributed by atoms with E-state index in [1.165, 1.54) is 0 Å². The molecule has 0 bridgehead atoms. The molecule has 0 spiro atoms. The van der Waals surface area contributed by atoms with Gasteiger partial charge in [0.05, 0.1) is 10.9 Å². The van der Waals surface area contributed by atoms with Crippen molar-refractivity contribution in [3.05, 3.63) is 111 Å². The molecule has 31 heavy (non-hydrogen) atoms. The Morgan fingerprint density at radius 3 is 2.06 bits per heavy atom. The number of benzene rings is 3. The van der Waals surface area contributed by atoms with Gasteiger partial charge < -0.3 is 4.90 Å². The third-order valence-corrected chi connectivity index (χ3v) is 5.37. The van der Waals surface area contributed by atoms with Crippen LogP contribution in [0, 0.1) is 0 Å². The number of fused-ring (bicyclic) bond motifs is 1. The molecule has 0 saturated carbocycles. The van der Waals surface area contributed by atoms with Gasteiger partial charge in [0.25, 0.3) is 5.91 Å². The minimum atomic E-state index is -0.404. The Hall–Kier alpha value is -3.44. The van der Waals surface area contributed by atoms with Crippen LogP contribution in [0.3, 0.4) is 0 Å². The molecule has 0 saturated heterocycles. The number of carbonyl (C=O) groups excluding carboxylic acids is 1. The van der Waals surface area contributed by atoms with Crippen molar-refractivity contribution in [3.63, 3.8) is 0 Å². The minimum Gasteiger partial charge on any atom is -0.328 e. The molecule has 3 aromatic carbocycles. The molecule has 0 fully saturated rings. The van der Waals surface area contributed by atoms with E-state index in [4.69, 9.17) is 11.6 Å². The van der Waals surface area contributed by atoms with E-state index in [9.17, 15) is 9.59 Å². The third kappa shape index (κ3) is 4.52. The Kier molecular flexibility index (Phi) is 6.14. The first-order chi connectivity index (χ1) is 15.1. The third-order valence-electron chi connectivity index (χ3n) is 5.14. The average Bonchev–Trinajstić information content (AvgIpc) is 2.80. The molecule has 1 aromatic heterocycles. The van der Waals surface area contributed by atoms with Crippen LogP contribution in [0.25, 0.3) is 10.9 Å². The Balaban J connectivity index is 1.79. The zero-order valence-electron chi connectivity index (χ0n) is 17.2. The van der Waals surface area contributed by atoms with Crippen LogP contribution in [0.4, 0.5) is 0 Å². The van der Waals surface area contributed by atoms with Crippen LogP contribution < -0.4 is 5.43 Å². The van der Waals surface area contributed by atoms with Gasteiger partial charge in [-0.25, -0.2) is 0 Å². The van der Waals surface area contributed by atoms with E-state index in [2.05, 4.69) is 5.10 Å². The summed E-state index contributed by atoms with van der Waals surface area (Å²) in [4.78, 5) is 28.5. The molecule has 0 aliphatic carbocycles. The van der Waals surface area contributed by atoms with Gasteiger partial charge in [0.15, 0.2) is 5.69 Å². The lowest BCUT2D eigenvalue weighted by Gasteiger charge is -2.23. The monoisotopic (exact) mass is 431 g/mol. The molecule has 0 N–H and O–H groups in total. The van der Waals surface area contributed by atoms with Crippen LogP contribution in [0.5, 0.6) is 0 Å². The van der Waals surface area contributed by atoms with E-state index in [0.29, 0.717) is 35.6 Å². The maximum absolute atomic E-state index is 13.6. The highest BCUT2D eigenvalue weighted by atomic mass is 35.5. The van der Waals surface area contributed by atoms with Crippen LogP contribution in [-0.2, 0) is 19.6 Å². The Bertz CT molecular complexity index is 1230. The van der Waals surface area contributed by atoms with Crippen molar-refractivity contribution in [2.24, 2.45) is 0 Å². The standard InChI is InChI=1S/C25H22ClN3O2/c1-2-29-22-14-13-20(26)15-21(22)24(30)23(27-29)25(31)28(16-18-9-5-3-6-10-18)17-19-11-7-4-8-12-19/h3-15H,2,16-17H2,1H3. The highest BCUT2D eigenvalue weighted by Crippen LogP contribution is 2.18. The molecule has 0 radical (unpaired) electrons. The molecule has 0 aliphatic heterocycles. The molecule has 4 aromatic rings. The molecule has 5 nitrogen and oxygen atoms in total. The zero-order valence-corrected chi connectivity index (χ0v) is 17.9. The van der Waals surface area contributed by atoms with Gasteiger partial charge in [-0.1, -0.05) is 72.3 Å². The number of carbonyl (C=O) groups is 1. The maximum atomic E-state index is 13.6. The van der Waals surface area contributed by atoms with Crippen molar-refractivity contribution >= 4 is 28.4 Å². The molecule has 6 heteroatoms. The molecule has 4 rings (SSSR count). The van der Waals surface area contributed by atoms with Crippen LogP contribution in [-0.4, -0.2) is 20.6 Å². The van der Waals surface area contributed by atoms with Gasteiger partial charge in [-0.3, -0.25) is 14.3 Å². The largest absolute Gasteiger partial charge is 0.328 e. The van der Waals surface area contributed by atoms with Crippen molar-refractivity contribution in [2.75, 3.05) is 0 Å². The van der Waals surface area contributed by atoms with Gasteiger partial charge in [0.2, 0.25) is 5.43 Å². The van der Waals surface area contributed by atoms with Crippen LogP contribution in [0.15, 0.2) is 83.7 Å².